The first kappa shape index (κ1) is 14.5. The van der Waals surface area contributed by atoms with Gasteiger partial charge >= 0.3 is 6.18 Å². The molecule has 18 heavy (non-hydrogen) atoms. The molecule has 0 amide bonds. The molecule has 100 valence electrons. The second-order valence-corrected chi connectivity index (χ2v) is 4.21. The summed E-state index contributed by atoms with van der Waals surface area (Å²) in [4.78, 5) is 11.0. The molecule has 6 heteroatoms. The lowest BCUT2D eigenvalue weighted by Crippen LogP contribution is -2.22. The van der Waals surface area contributed by atoms with Crippen molar-refractivity contribution in [1.82, 2.24) is 0 Å². The summed E-state index contributed by atoms with van der Waals surface area (Å²) in [5.74, 6) is -2.98. The van der Waals surface area contributed by atoms with Gasteiger partial charge in [0.2, 0.25) is 0 Å². The third-order valence-corrected chi connectivity index (χ3v) is 1.97. The van der Waals surface area contributed by atoms with Crippen LogP contribution >= 0.6 is 0 Å². The number of ketones is 1. The number of rotatable bonds is 4. The van der Waals surface area contributed by atoms with E-state index in [9.17, 15) is 22.4 Å². The van der Waals surface area contributed by atoms with Crippen LogP contribution in [-0.2, 0) is 0 Å². The molecule has 0 bridgehead atoms. The van der Waals surface area contributed by atoms with Gasteiger partial charge in [0.15, 0.2) is 0 Å². The summed E-state index contributed by atoms with van der Waals surface area (Å²) in [6.07, 6.45) is -5.02. The molecule has 0 unspecified atom stereocenters. The molecule has 0 heterocycles. The van der Waals surface area contributed by atoms with E-state index in [4.69, 9.17) is 4.74 Å². The third kappa shape index (κ3) is 4.01. The zero-order valence-electron chi connectivity index (χ0n) is 9.84. The fraction of sp³-hybridized carbons (Fsp3) is 0.417. The lowest BCUT2D eigenvalue weighted by molar-refractivity contribution is -0.0885. The van der Waals surface area contributed by atoms with Crippen molar-refractivity contribution in [3.8, 4) is 5.75 Å². The summed E-state index contributed by atoms with van der Waals surface area (Å²) in [5, 5.41) is 0. The van der Waals surface area contributed by atoms with Gasteiger partial charge in [0.05, 0.1) is 6.61 Å². The number of hydrogen-bond donors (Lipinski definition) is 0. The van der Waals surface area contributed by atoms with Crippen LogP contribution in [0.5, 0.6) is 5.75 Å². The first-order valence-electron chi connectivity index (χ1n) is 5.25. The Morgan fingerprint density at radius 3 is 2.39 bits per heavy atom. The number of alkyl halides is 3. The third-order valence-electron chi connectivity index (χ3n) is 1.97. The van der Waals surface area contributed by atoms with Crippen LogP contribution in [0.25, 0.3) is 0 Å². The van der Waals surface area contributed by atoms with Crippen LogP contribution in [0.3, 0.4) is 0 Å². The number of carbonyl (C=O) groups excluding carboxylic acids is 1. The molecule has 0 aromatic heterocycles. The first-order valence-corrected chi connectivity index (χ1v) is 5.25. The molecule has 0 spiro atoms. The van der Waals surface area contributed by atoms with Crippen molar-refractivity contribution in [1.29, 1.82) is 0 Å². The van der Waals surface area contributed by atoms with Crippen LogP contribution in [0.1, 0.15) is 24.2 Å². The maximum Gasteiger partial charge on any atom is 0.454 e. The molecule has 1 rings (SSSR count). The van der Waals surface area contributed by atoms with Crippen molar-refractivity contribution < 1.29 is 27.1 Å². The van der Waals surface area contributed by atoms with E-state index in [0.717, 1.165) is 12.1 Å². The Labute approximate surface area is 102 Å². The van der Waals surface area contributed by atoms with Crippen LogP contribution in [0, 0.1) is 11.7 Å². The van der Waals surface area contributed by atoms with E-state index in [0.29, 0.717) is 6.07 Å². The molecule has 0 aliphatic heterocycles. The molecule has 1 aromatic carbocycles. The van der Waals surface area contributed by atoms with Crippen molar-refractivity contribution in [3.63, 3.8) is 0 Å². The predicted octanol–water partition coefficient (Wildman–Crippen LogP) is 3.61. The van der Waals surface area contributed by atoms with E-state index in [1.807, 2.05) is 13.8 Å². The van der Waals surface area contributed by atoms with Crippen molar-refractivity contribution >= 4 is 5.78 Å². The molecule has 0 radical (unpaired) electrons. The lowest BCUT2D eigenvalue weighted by Gasteiger charge is -2.11. The minimum atomic E-state index is -5.02. The van der Waals surface area contributed by atoms with Gasteiger partial charge in [-0.15, -0.1) is 0 Å². The molecule has 1 aromatic rings. The molecule has 0 aliphatic carbocycles. The van der Waals surface area contributed by atoms with E-state index < -0.39 is 23.3 Å². The summed E-state index contributed by atoms with van der Waals surface area (Å²) < 4.78 is 54.8. The van der Waals surface area contributed by atoms with Crippen molar-refractivity contribution in [2.24, 2.45) is 5.92 Å². The topological polar surface area (TPSA) is 26.3 Å². The Bertz CT molecular complexity index is 438. The minimum Gasteiger partial charge on any atom is -0.493 e. The van der Waals surface area contributed by atoms with E-state index in [1.165, 1.54) is 0 Å². The van der Waals surface area contributed by atoms with Gasteiger partial charge in [0.1, 0.15) is 11.6 Å². The van der Waals surface area contributed by atoms with Crippen molar-refractivity contribution in [2.75, 3.05) is 6.61 Å². The molecule has 2 nitrogen and oxygen atoms in total. The van der Waals surface area contributed by atoms with Gasteiger partial charge in [-0.2, -0.15) is 13.2 Å². The Morgan fingerprint density at radius 2 is 1.89 bits per heavy atom. The quantitative estimate of drug-likeness (QED) is 0.613. The molecule has 0 saturated carbocycles. The minimum absolute atomic E-state index is 0.0868. The highest BCUT2D eigenvalue weighted by molar-refractivity contribution is 6.00. The second-order valence-electron chi connectivity index (χ2n) is 4.21. The zero-order chi connectivity index (χ0) is 13.9. The fourth-order valence-corrected chi connectivity index (χ4v) is 1.20. The maximum atomic E-state index is 13.1. The number of halogens is 4. The van der Waals surface area contributed by atoms with Crippen molar-refractivity contribution in [2.45, 2.75) is 20.0 Å². The van der Waals surface area contributed by atoms with Gasteiger partial charge in [-0.25, -0.2) is 4.39 Å². The van der Waals surface area contributed by atoms with E-state index in [-0.39, 0.29) is 18.3 Å². The fourth-order valence-electron chi connectivity index (χ4n) is 1.20. The summed E-state index contributed by atoms with van der Waals surface area (Å²) in [5.41, 5.74) is -0.763. The monoisotopic (exact) mass is 264 g/mol. The lowest BCUT2D eigenvalue weighted by atomic mass is 10.1. The first-order chi connectivity index (χ1) is 8.20. The van der Waals surface area contributed by atoms with Gasteiger partial charge in [0, 0.05) is 11.6 Å². The smallest absolute Gasteiger partial charge is 0.454 e. The van der Waals surface area contributed by atoms with Gasteiger partial charge in [-0.3, -0.25) is 4.79 Å². The molecular weight excluding hydrogens is 252 g/mol. The normalized spacial score (nSPS) is 11.7. The summed E-state index contributed by atoms with van der Waals surface area (Å²) in [6, 6.07) is 2.37. The SMILES string of the molecule is CC(C)COc1cc(F)cc(C(=O)C(F)(F)F)c1. The van der Waals surface area contributed by atoms with E-state index in [2.05, 4.69) is 0 Å². The standard InChI is InChI=1S/C12H12F4O2/c1-7(2)6-18-10-4-8(3-9(13)5-10)11(17)12(14,15)16/h3-5,7H,6H2,1-2H3. The predicted molar refractivity (Wildman–Crippen MR) is 57.1 cm³/mol. The molecule has 0 atom stereocenters. The Morgan fingerprint density at radius 1 is 1.28 bits per heavy atom. The zero-order valence-corrected chi connectivity index (χ0v) is 9.84. The molecule has 0 aliphatic rings. The van der Waals surface area contributed by atoms with Gasteiger partial charge in [-0.1, -0.05) is 13.8 Å². The average molecular weight is 264 g/mol. The largest absolute Gasteiger partial charge is 0.493 e. The molecule has 0 saturated heterocycles. The number of Topliss-reactive ketones (excluding diaryl/α,β-unsaturated/α-hetero) is 1. The highest BCUT2D eigenvalue weighted by atomic mass is 19.4. The highest BCUT2D eigenvalue weighted by Crippen LogP contribution is 2.25. The second kappa shape index (κ2) is 5.37. The molecular formula is C12H12F4O2. The summed E-state index contributed by atoms with van der Waals surface area (Å²) in [6.45, 7) is 3.89. The molecule has 0 fully saturated rings. The van der Waals surface area contributed by atoms with Gasteiger partial charge in [-0.05, 0) is 18.1 Å². The van der Waals surface area contributed by atoms with Crippen molar-refractivity contribution in [3.05, 3.63) is 29.6 Å². The van der Waals surface area contributed by atoms with Crippen LogP contribution in [-0.4, -0.2) is 18.6 Å². The van der Waals surface area contributed by atoms with Gasteiger partial charge in [0.25, 0.3) is 5.78 Å². The summed E-state index contributed by atoms with van der Waals surface area (Å²) >= 11 is 0. The average Bonchev–Trinajstić information content (AvgIpc) is 2.23. The Kier molecular flexibility index (Phi) is 4.32. The number of benzene rings is 1. The van der Waals surface area contributed by atoms with Crippen LogP contribution in [0.15, 0.2) is 18.2 Å². The highest BCUT2D eigenvalue weighted by Gasteiger charge is 2.39. The Balaban J connectivity index is 2.97. The van der Waals surface area contributed by atoms with Crippen LogP contribution in [0.4, 0.5) is 17.6 Å². The van der Waals surface area contributed by atoms with Crippen LogP contribution < -0.4 is 4.74 Å². The summed E-state index contributed by atoms with van der Waals surface area (Å²) in [7, 11) is 0. The van der Waals surface area contributed by atoms with E-state index >= 15 is 0 Å². The maximum absolute atomic E-state index is 13.1. The number of carbonyl (C=O) groups is 1. The number of hydrogen-bond acceptors (Lipinski definition) is 2. The molecule has 0 N–H and O–H groups in total. The van der Waals surface area contributed by atoms with Gasteiger partial charge < -0.3 is 4.74 Å². The Hall–Kier alpha value is -1.59. The van der Waals surface area contributed by atoms with E-state index in [1.54, 1.807) is 0 Å². The number of ether oxygens (including phenoxy) is 1. The van der Waals surface area contributed by atoms with Crippen LogP contribution in [0.2, 0.25) is 0 Å².